The number of ketones is 1. The summed E-state index contributed by atoms with van der Waals surface area (Å²) < 4.78 is 5.53. The Morgan fingerprint density at radius 3 is 2.64 bits per heavy atom. The molecule has 8 heteroatoms. The largest absolute Gasteiger partial charge is 0.411 e. The van der Waals surface area contributed by atoms with Crippen molar-refractivity contribution in [1.82, 2.24) is 10.2 Å². The van der Waals surface area contributed by atoms with Crippen LogP contribution in [-0.2, 0) is 0 Å². The molecule has 1 heterocycles. The second kappa shape index (κ2) is 7.27. The molecule has 0 bridgehead atoms. The predicted octanol–water partition coefficient (Wildman–Crippen LogP) is 4.01. The van der Waals surface area contributed by atoms with E-state index in [1.54, 1.807) is 43.3 Å². The zero-order valence-corrected chi connectivity index (χ0v) is 14.0. The van der Waals surface area contributed by atoms with E-state index in [4.69, 9.17) is 4.42 Å². The van der Waals surface area contributed by atoms with E-state index in [-0.39, 0.29) is 22.6 Å². The van der Waals surface area contributed by atoms with Gasteiger partial charge in [0.05, 0.1) is 10.2 Å². The van der Waals surface area contributed by atoms with Crippen LogP contribution in [-0.4, -0.2) is 26.2 Å². The second-order valence-electron chi connectivity index (χ2n) is 5.17. The van der Waals surface area contributed by atoms with Gasteiger partial charge in [0, 0.05) is 23.3 Å². The Hall–Kier alpha value is -3.00. The number of thioether (sulfide) groups is 1. The van der Waals surface area contributed by atoms with Gasteiger partial charge in [-0.3, -0.25) is 14.9 Å². The van der Waals surface area contributed by atoms with Crippen molar-refractivity contribution in [2.24, 2.45) is 0 Å². The lowest BCUT2D eigenvalue weighted by Crippen LogP contribution is -2.13. The molecule has 0 N–H and O–H groups in total. The topological polar surface area (TPSA) is 99.1 Å². The van der Waals surface area contributed by atoms with E-state index >= 15 is 0 Å². The van der Waals surface area contributed by atoms with Crippen LogP contribution in [0, 0.1) is 10.1 Å². The first kappa shape index (κ1) is 16.8. The van der Waals surface area contributed by atoms with Crippen molar-refractivity contribution in [3.05, 3.63) is 70.3 Å². The summed E-state index contributed by atoms with van der Waals surface area (Å²) in [6, 6.07) is 14.9. The van der Waals surface area contributed by atoms with Crippen molar-refractivity contribution in [3.63, 3.8) is 0 Å². The van der Waals surface area contributed by atoms with E-state index in [1.165, 1.54) is 12.1 Å². The van der Waals surface area contributed by atoms with E-state index in [2.05, 4.69) is 10.2 Å². The van der Waals surface area contributed by atoms with E-state index in [1.807, 2.05) is 6.07 Å². The molecule has 0 fully saturated rings. The second-order valence-corrected chi connectivity index (χ2v) is 6.46. The number of nitrogens with zero attached hydrogens (tertiary/aromatic N) is 3. The summed E-state index contributed by atoms with van der Waals surface area (Å²) in [7, 11) is 0. The van der Waals surface area contributed by atoms with Gasteiger partial charge >= 0.3 is 0 Å². The van der Waals surface area contributed by atoms with Gasteiger partial charge in [-0.1, -0.05) is 48.2 Å². The summed E-state index contributed by atoms with van der Waals surface area (Å²) in [6.45, 7) is 1.76. The summed E-state index contributed by atoms with van der Waals surface area (Å²) in [4.78, 5) is 22.7. The number of aromatic nitrogens is 2. The lowest BCUT2D eigenvalue weighted by molar-refractivity contribution is -0.384. The van der Waals surface area contributed by atoms with Crippen molar-refractivity contribution >= 4 is 23.2 Å². The van der Waals surface area contributed by atoms with Crippen molar-refractivity contribution in [3.8, 4) is 11.5 Å². The first-order valence-corrected chi connectivity index (χ1v) is 8.27. The van der Waals surface area contributed by atoms with Gasteiger partial charge in [0.25, 0.3) is 10.9 Å². The van der Waals surface area contributed by atoms with Crippen LogP contribution in [0.4, 0.5) is 5.69 Å². The van der Waals surface area contributed by atoms with Crippen LogP contribution in [0.15, 0.2) is 64.2 Å². The maximum atomic E-state index is 12.4. The summed E-state index contributed by atoms with van der Waals surface area (Å²) in [5.41, 5.74) is 1.01. The molecule has 1 aromatic heterocycles. The number of rotatable bonds is 6. The van der Waals surface area contributed by atoms with Gasteiger partial charge in [-0.2, -0.15) is 0 Å². The minimum absolute atomic E-state index is 0.0410. The molecule has 0 spiro atoms. The van der Waals surface area contributed by atoms with Crippen LogP contribution >= 0.6 is 11.8 Å². The molecule has 0 radical (unpaired) electrons. The molecule has 0 amide bonds. The monoisotopic (exact) mass is 355 g/mol. The number of carbonyl (C=O) groups is 1. The van der Waals surface area contributed by atoms with Crippen LogP contribution in [0.5, 0.6) is 0 Å². The average Bonchev–Trinajstić information content (AvgIpc) is 3.10. The number of hydrogen-bond donors (Lipinski definition) is 0. The van der Waals surface area contributed by atoms with E-state index in [0.717, 1.165) is 11.8 Å². The number of carbonyl (C=O) groups excluding carboxylic acids is 1. The van der Waals surface area contributed by atoms with Crippen LogP contribution in [0.25, 0.3) is 11.5 Å². The first-order valence-electron chi connectivity index (χ1n) is 7.39. The standard InChI is InChI=1S/C17H13N3O4S/c1-11(15(21)12-6-3-2-4-7-12)25-17-19-18-16(24-17)13-8-5-9-14(10-13)20(22)23/h2-11H,1H3. The Morgan fingerprint density at radius 2 is 1.92 bits per heavy atom. The molecule has 0 saturated carbocycles. The van der Waals surface area contributed by atoms with Crippen molar-refractivity contribution < 1.29 is 14.1 Å². The maximum Gasteiger partial charge on any atom is 0.277 e. The molecule has 126 valence electrons. The fraction of sp³-hybridized carbons (Fsp3) is 0.118. The number of benzene rings is 2. The van der Waals surface area contributed by atoms with Gasteiger partial charge in [0.2, 0.25) is 5.89 Å². The number of nitro groups is 1. The van der Waals surface area contributed by atoms with E-state index < -0.39 is 10.2 Å². The number of nitro benzene ring substituents is 1. The summed E-state index contributed by atoms with van der Waals surface area (Å²) in [5, 5.41) is 18.5. The SMILES string of the molecule is CC(Sc1nnc(-c2cccc([N+](=O)[O-])c2)o1)C(=O)c1ccccc1. The van der Waals surface area contributed by atoms with Crippen molar-refractivity contribution in [2.45, 2.75) is 17.4 Å². The van der Waals surface area contributed by atoms with E-state index in [0.29, 0.717) is 11.1 Å². The van der Waals surface area contributed by atoms with Gasteiger partial charge < -0.3 is 4.42 Å². The molecule has 1 unspecified atom stereocenters. The van der Waals surface area contributed by atoms with E-state index in [9.17, 15) is 14.9 Å². The van der Waals surface area contributed by atoms with Gasteiger partial charge in [-0.05, 0) is 13.0 Å². The molecule has 1 atom stereocenters. The summed E-state index contributed by atoms with van der Waals surface area (Å²) in [5.74, 6) is 0.131. The lowest BCUT2D eigenvalue weighted by Gasteiger charge is -2.06. The molecule has 0 aliphatic rings. The van der Waals surface area contributed by atoms with Crippen LogP contribution in [0.3, 0.4) is 0 Å². The Labute approximate surface area is 147 Å². The Morgan fingerprint density at radius 1 is 1.16 bits per heavy atom. The third-order valence-corrected chi connectivity index (χ3v) is 4.35. The summed E-state index contributed by atoms with van der Waals surface area (Å²) >= 11 is 1.15. The zero-order chi connectivity index (χ0) is 17.8. The lowest BCUT2D eigenvalue weighted by atomic mass is 10.1. The number of non-ortho nitro benzene ring substituents is 1. The van der Waals surface area contributed by atoms with Crippen LogP contribution in [0.1, 0.15) is 17.3 Å². The molecular formula is C17H13N3O4S. The first-order chi connectivity index (χ1) is 12.0. The molecule has 2 aromatic carbocycles. The van der Waals surface area contributed by atoms with Crippen LogP contribution in [0.2, 0.25) is 0 Å². The zero-order valence-electron chi connectivity index (χ0n) is 13.2. The van der Waals surface area contributed by atoms with Gasteiger partial charge in [0.1, 0.15) is 0 Å². The predicted molar refractivity (Wildman–Crippen MR) is 92.5 cm³/mol. The summed E-state index contributed by atoms with van der Waals surface area (Å²) in [6.07, 6.45) is 0. The fourth-order valence-corrected chi connectivity index (χ4v) is 2.93. The molecule has 7 nitrogen and oxygen atoms in total. The highest BCUT2D eigenvalue weighted by Crippen LogP contribution is 2.29. The normalized spacial score (nSPS) is 11.9. The van der Waals surface area contributed by atoms with Gasteiger partial charge in [-0.15, -0.1) is 10.2 Å². The highest BCUT2D eigenvalue weighted by atomic mass is 32.2. The fourth-order valence-electron chi connectivity index (χ4n) is 2.17. The maximum absolute atomic E-state index is 12.4. The quantitative estimate of drug-likeness (QED) is 0.285. The van der Waals surface area contributed by atoms with Crippen LogP contribution < -0.4 is 0 Å². The molecule has 0 saturated heterocycles. The van der Waals surface area contributed by atoms with Crippen molar-refractivity contribution in [1.29, 1.82) is 0 Å². The molecule has 3 aromatic rings. The molecule has 3 rings (SSSR count). The van der Waals surface area contributed by atoms with Gasteiger partial charge in [-0.25, -0.2) is 0 Å². The molecule has 0 aliphatic carbocycles. The smallest absolute Gasteiger partial charge is 0.277 e. The van der Waals surface area contributed by atoms with Gasteiger partial charge in [0.15, 0.2) is 5.78 Å². The Kier molecular flexibility index (Phi) is 4.90. The highest BCUT2D eigenvalue weighted by molar-refractivity contribution is 8.00. The third kappa shape index (κ3) is 3.92. The molecule has 0 aliphatic heterocycles. The highest BCUT2D eigenvalue weighted by Gasteiger charge is 2.20. The Bertz CT molecular complexity index is 911. The minimum Gasteiger partial charge on any atom is -0.411 e. The molecular weight excluding hydrogens is 342 g/mol. The molecule has 25 heavy (non-hydrogen) atoms. The average molecular weight is 355 g/mol. The third-order valence-electron chi connectivity index (χ3n) is 3.42. The number of Topliss-reactive ketones (excluding diaryl/α,β-unsaturated/α-hetero) is 1. The Balaban J connectivity index is 1.74. The van der Waals surface area contributed by atoms with Crippen molar-refractivity contribution in [2.75, 3.05) is 0 Å². The minimum atomic E-state index is -0.490. The number of hydrogen-bond acceptors (Lipinski definition) is 7.